The minimum Gasteiger partial charge on any atom is -0.323 e. The van der Waals surface area contributed by atoms with Gasteiger partial charge in [0.2, 0.25) is 17.7 Å². The van der Waals surface area contributed by atoms with Gasteiger partial charge in [-0.25, -0.2) is 0 Å². The first-order valence-corrected chi connectivity index (χ1v) is 12.3. The Morgan fingerprint density at radius 2 is 1.56 bits per heavy atom. The minimum atomic E-state index is -0.839. The van der Waals surface area contributed by atoms with Crippen LogP contribution in [0.15, 0.2) is 66.7 Å². The van der Waals surface area contributed by atoms with Crippen LogP contribution in [0.25, 0.3) is 0 Å². The Kier molecular flexibility index (Phi) is 4.93. The Labute approximate surface area is 214 Å². The van der Waals surface area contributed by atoms with Gasteiger partial charge in [-0.2, -0.15) is 0 Å². The van der Waals surface area contributed by atoms with Crippen LogP contribution in [-0.4, -0.2) is 29.2 Å². The number of likely N-dealkylation sites (tertiary alicyclic amines) is 1. The molecular weight excluding hydrogens is 539 g/mol. The number of hydrogen-bond donors (Lipinski definition) is 1. The molecule has 34 heavy (non-hydrogen) atoms. The summed E-state index contributed by atoms with van der Waals surface area (Å²) in [7, 11) is 0. The lowest BCUT2D eigenvalue weighted by Crippen LogP contribution is -2.50. The maximum atomic E-state index is 13.7. The summed E-state index contributed by atoms with van der Waals surface area (Å²) in [6.07, 6.45) is 0. The third-order valence-corrected chi connectivity index (χ3v) is 9.02. The van der Waals surface area contributed by atoms with Crippen LogP contribution < -0.4 is 5.32 Å². The third kappa shape index (κ3) is 2.88. The van der Waals surface area contributed by atoms with Crippen molar-refractivity contribution >= 4 is 62.5 Å². The molecule has 170 valence electrons. The largest absolute Gasteiger partial charge is 0.323 e. The van der Waals surface area contributed by atoms with Crippen LogP contribution >= 0.6 is 39.1 Å². The van der Waals surface area contributed by atoms with E-state index in [0.29, 0.717) is 15.7 Å². The van der Waals surface area contributed by atoms with Gasteiger partial charge in [-0.1, -0.05) is 87.7 Å². The molecule has 7 rings (SSSR count). The summed E-state index contributed by atoms with van der Waals surface area (Å²) in [5, 5.41) is 3.39. The summed E-state index contributed by atoms with van der Waals surface area (Å²) in [4.78, 5) is 41.3. The molecule has 0 radical (unpaired) electrons. The number of hydrogen-bond acceptors (Lipinski definition) is 3. The normalized spacial score (nSPS) is 26.2. The van der Waals surface area contributed by atoms with Gasteiger partial charge in [0.1, 0.15) is 6.54 Å². The van der Waals surface area contributed by atoms with Gasteiger partial charge < -0.3 is 5.32 Å². The van der Waals surface area contributed by atoms with Crippen molar-refractivity contribution in [2.45, 2.75) is 10.2 Å². The van der Waals surface area contributed by atoms with E-state index < -0.39 is 28.6 Å². The highest BCUT2D eigenvalue weighted by Crippen LogP contribution is 2.66. The van der Waals surface area contributed by atoms with Crippen LogP contribution in [0.3, 0.4) is 0 Å². The van der Waals surface area contributed by atoms with Crippen molar-refractivity contribution in [2.24, 2.45) is 11.8 Å². The Balaban J connectivity index is 1.38. The van der Waals surface area contributed by atoms with Crippen LogP contribution in [0, 0.1) is 11.8 Å². The molecule has 0 spiro atoms. The Morgan fingerprint density at radius 3 is 2.21 bits per heavy atom. The molecule has 0 unspecified atom stereocenters. The molecule has 2 bridgehead atoms. The number of imide groups is 1. The van der Waals surface area contributed by atoms with E-state index in [2.05, 4.69) is 21.2 Å². The van der Waals surface area contributed by atoms with Gasteiger partial charge in [0, 0.05) is 10.9 Å². The first-order valence-electron chi connectivity index (χ1n) is 10.8. The quantitative estimate of drug-likeness (QED) is 0.351. The minimum absolute atomic E-state index is 0.247. The molecule has 1 fully saturated rings. The van der Waals surface area contributed by atoms with Gasteiger partial charge in [0.15, 0.2) is 0 Å². The average Bonchev–Trinajstić information content (AvgIpc) is 3.08. The lowest BCUT2D eigenvalue weighted by atomic mass is 9.55. The summed E-state index contributed by atoms with van der Waals surface area (Å²) in [5.41, 5.74) is 4.40. The molecule has 1 aliphatic heterocycles. The van der Waals surface area contributed by atoms with Crippen molar-refractivity contribution in [1.82, 2.24) is 4.90 Å². The molecule has 0 saturated carbocycles. The molecule has 8 heteroatoms. The number of alkyl halides is 1. The fraction of sp³-hybridized carbons (Fsp3) is 0.192. The standard InChI is InChI=1S/C26H17BrCl2N2O3/c27-26-16-7-3-1-5-14(16)21(15-6-2-4-8-17(15)26)22-23(26)25(34)31(24(22)33)12-20(32)30-19-11-13(28)9-10-18(19)29/h1-11,21-23H,12H2,(H,30,32)/t21?,22-,23+,26?/m1/s1. The molecule has 1 saturated heterocycles. The van der Waals surface area contributed by atoms with Gasteiger partial charge in [-0.15, -0.1) is 0 Å². The van der Waals surface area contributed by atoms with E-state index in [1.165, 1.54) is 6.07 Å². The monoisotopic (exact) mass is 554 g/mol. The smallest absolute Gasteiger partial charge is 0.244 e. The number of carbonyl (C=O) groups excluding carboxylic acids is 3. The number of amides is 3. The highest BCUT2D eigenvalue weighted by atomic mass is 79.9. The fourth-order valence-corrected chi connectivity index (χ4v) is 7.36. The zero-order valence-corrected chi connectivity index (χ0v) is 20.7. The van der Waals surface area contributed by atoms with Crippen molar-refractivity contribution in [3.05, 3.63) is 99.0 Å². The van der Waals surface area contributed by atoms with Gasteiger partial charge in [0.05, 0.1) is 26.9 Å². The lowest BCUT2D eigenvalue weighted by Gasteiger charge is -2.51. The molecule has 2 atom stereocenters. The van der Waals surface area contributed by atoms with Crippen LogP contribution in [0.4, 0.5) is 5.69 Å². The molecule has 0 aromatic heterocycles. The van der Waals surface area contributed by atoms with Gasteiger partial charge in [-0.3, -0.25) is 19.3 Å². The zero-order chi connectivity index (χ0) is 23.8. The summed E-state index contributed by atoms with van der Waals surface area (Å²) in [6.45, 7) is -0.393. The highest BCUT2D eigenvalue weighted by Gasteiger charge is 2.67. The molecule has 5 nitrogen and oxygen atoms in total. The number of nitrogens with one attached hydrogen (secondary N) is 1. The van der Waals surface area contributed by atoms with E-state index in [9.17, 15) is 14.4 Å². The van der Waals surface area contributed by atoms with Gasteiger partial charge in [-0.05, 0) is 40.5 Å². The lowest BCUT2D eigenvalue weighted by molar-refractivity contribution is -0.142. The molecule has 3 aromatic rings. The predicted molar refractivity (Wildman–Crippen MR) is 133 cm³/mol. The molecule has 1 N–H and O–H groups in total. The number of rotatable bonds is 3. The second-order valence-corrected chi connectivity index (χ2v) is 10.9. The number of carbonyl (C=O) groups is 3. The maximum Gasteiger partial charge on any atom is 0.244 e. The van der Waals surface area contributed by atoms with Crippen molar-refractivity contribution in [3.63, 3.8) is 0 Å². The first kappa shape index (κ1) is 21.8. The number of halogens is 3. The van der Waals surface area contributed by atoms with E-state index >= 15 is 0 Å². The summed E-state index contributed by atoms with van der Waals surface area (Å²) >= 11 is 16.1. The van der Waals surface area contributed by atoms with Gasteiger partial charge in [0.25, 0.3) is 0 Å². The average molecular weight is 556 g/mol. The molecular formula is C26H17BrCl2N2O3. The maximum absolute atomic E-state index is 13.7. The molecule has 3 aromatic carbocycles. The third-order valence-electron chi connectivity index (χ3n) is 7.11. The molecule has 3 amide bonds. The second-order valence-electron chi connectivity index (χ2n) is 8.80. The van der Waals surface area contributed by atoms with E-state index in [-0.39, 0.29) is 17.7 Å². The molecule has 1 heterocycles. The summed E-state index contributed by atoms with van der Waals surface area (Å²) in [5.74, 6) is -2.68. The van der Waals surface area contributed by atoms with Crippen molar-refractivity contribution in [1.29, 1.82) is 0 Å². The summed E-state index contributed by atoms with van der Waals surface area (Å²) < 4.78 is -0.839. The van der Waals surface area contributed by atoms with Crippen LogP contribution in [-0.2, 0) is 18.7 Å². The van der Waals surface area contributed by atoms with Crippen molar-refractivity contribution < 1.29 is 14.4 Å². The van der Waals surface area contributed by atoms with Crippen LogP contribution in [0.5, 0.6) is 0 Å². The first-order chi connectivity index (χ1) is 16.3. The van der Waals surface area contributed by atoms with Crippen molar-refractivity contribution in [2.75, 3.05) is 11.9 Å². The SMILES string of the molecule is O=C(CN1C(=O)[C@@H]2C3c4ccccc4C(Br)(c4ccccc43)[C@@H]2C1=O)Nc1cc(Cl)ccc1Cl. The van der Waals surface area contributed by atoms with Gasteiger partial charge >= 0.3 is 0 Å². The van der Waals surface area contributed by atoms with E-state index in [4.69, 9.17) is 23.2 Å². The second kappa shape index (κ2) is 7.67. The summed E-state index contributed by atoms with van der Waals surface area (Å²) in [6, 6.07) is 20.6. The fourth-order valence-electron chi connectivity index (χ4n) is 5.82. The highest BCUT2D eigenvalue weighted by molar-refractivity contribution is 9.09. The Hall–Kier alpha value is -2.67. The number of anilines is 1. The Bertz CT molecular complexity index is 1360. The predicted octanol–water partition coefficient (Wildman–Crippen LogP) is 5.33. The molecule has 4 aliphatic rings. The van der Waals surface area contributed by atoms with Crippen LogP contribution in [0.1, 0.15) is 28.2 Å². The number of benzene rings is 3. The van der Waals surface area contributed by atoms with E-state index in [1.54, 1.807) is 12.1 Å². The zero-order valence-electron chi connectivity index (χ0n) is 17.6. The van der Waals surface area contributed by atoms with Crippen molar-refractivity contribution in [3.8, 4) is 0 Å². The van der Waals surface area contributed by atoms with E-state index in [0.717, 1.165) is 27.2 Å². The topological polar surface area (TPSA) is 66.5 Å². The molecule has 3 aliphatic carbocycles. The van der Waals surface area contributed by atoms with Crippen LogP contribution in [0.2, 0.25) is 10.0 Å². The Morgan fingerprint density at radius 1 is 0.941 bits per heavy atom. The number of nitrogens with zero attached hydrogens (tertiary/aromatic N) is 1. The van der Waals surface area contributed by atoms with E-state index in [1.807, 2.05) is 48.5 Å².